The second kappa shape index (κ2) is 3.32. The molecule has 0 saturated heterocycles. The van der Waals surface area contributed by atoms with Gasteiger partial charge in [0.05, 0.1) is 0 Å². The zero-order valence-corrected chi connectivity index (χ0v) is 7.95. The molecule has 1 aromatic rings. The highest BCUT2D eigenvalue weighted by Gasteiger charge is 2.21. The molecular weight excluding hydrogens is 162 g/mol. The highest BCUT2D eigenvalue weighted by atomic mass is 14.9. The fourth-order valence-electron chi connectivity index (χ4n) is 1.35. The molecule has 1 heterocycles. The molecule has 3 nitrogen and oxygen atoms in total. The Morgan fingerprint density at radius 2 is 2.31 bits per heavy atom. The number of anilines is 1. The Hall–Kier alpha value is -1.12. The maximum atomic E-state index is 5.69. The molecular formula is C10H15N3. The Balaban J connectivity index is 1.98. The number of nitrogen functional groups attached to an aromatic ring is 1. The third kappa shape index (κ3) is 2.17. The fourth-order valence-corrected chi connectivity index (χ4v) is 1.35. The van der Waals surface area contributed by atoms with Crippen LogP contribution in [-0.2, 0) is 6.42 Å². The first-order valence-corrected chi connectivity index (χ1v) is 4.83. The largest absolute Gasteiger partial charge is 0.383 e. The average Bonchev–Trinajstić information content (AvgIpc) is 2.91. The molecule has 0 aliphatic heterocycles. The van der Waals surface area contributed by atoms with Crippen molar-refractivity contribution in [2.24, 2.45) is 5.92 Å². The topological polar surface area (TPSA) is 51.8 Å². The van der Waals surface area contributed by atoms with Gasteiger partial charge < -0.3 is 5.73 Å². The molecule has 1 aromatic heterocycles. The lowest BCUT2D eigenvalue weighted by atomic mass is 10.2. The summed E-state index contributed by atoms with van der Waals surface area (Å²) < 4.78 is 0. The van der Waals surface area contributed by atoms with Gasteiger partial charge >= 0.3 is 0 Å². The van der Waals surface area contributed by atoms with E-state index in [2.05, 4.69) is 9.97 Å². The SMILES string of the molecule is Cc1cnc(CCC2CC2)nc1N. The Morgan fingerprint density at radius 1 is 1.54 bits per heavy atom. The monoisotopic (exact) mass is 177 g/mol. The quantitative estimate of drug-likeness (QED) is 0.764. The molecule has 1 aliphatic rings. The molecule has 0 unspecified atom stereocenters. The molecule has 0 spiro atoms. The van der Waals surface area contributed by atoms with Crippen molar-refractivity contribution < 1.29 is 0 Å². The zero-order chi connectivity index (χ0) is 9.26. The molecule has 0 radical (unpaired) electrons. The van der Waals surface area contributed by atoms with E-state index in [9.17, 15) is 0 Å². The van der Waals surface area contributed by atoms with Gasteiger partial charge in [-0.05, 0) is 19.3 Å². The first-order chi connectivity index (χ1) is 6.25. The van der Waals surface area contributed by atoms with Crippen LogP contribution in [0.4, 0.5) is 5.82 Å². The van der Waals surface area contributed by atoms with Crippen molar-refractivity contribution >= 4 is 5.82 Å². The molecule has 0 atom stereocenters. The van der Waals surface area contributed by atoms with E-state index in [1.165, 1.54) is 19.3 Å². The Labute approximate surface area is 78.4 Å². The molecule has 2 rings (SSSR count). The molecule has 1 fully saturated rings. The number of rotatable bonds is 3. The summed E-state index contributed by atoms with van der Waals surface area (Å²) in [7, 11) is 0. The van der Waals surface area contributed by atoms with Crippen LogP contribution in [0.5, 0.6) is 0 Å². The molecule has 0 aromatic carbocycles. The van der Waals surface area contributed by atoms with Gasteiger partial charge in [-0.1, -0.05) is 12.8 Å². The van der Waals surface area contributed by atoms with Crippen LogP contribution in [0, 0.1) is 12.8 Å². The first kappa shape index (κ1) is 8.48. The van der Waals surface area contributed by atoms with Crippen molar-refractivity contribution in [1.29, 1.82) is 0 Å². The summed E-state index contributed by atoms with van der Waals surface area (Å²) in [5.74, 6) is 2.46. The molecule has 70 valence electrons. The van der Waals surface area contributed by atoms with E-state index < -0.39 is 0 Å². The molecule has 13 heavy (non-hydrogen) atoms. The van der Waals surface area contributed by atoms with Gasteiger partial charge in [-0.3, -0.25) is 0 Å². The van der Waals surface area contributed by atoms with Crippen LogP contribution >= 0.6 is 0 Å². The van der Waals surface area contributed by atoms with Crippen molar-refractivity contribution in [2.75, 3.05) is 5.73 Å². The maximum Gasteiger partial charge on any atom is 0.130 e. The number of aryl methyl sites for hydroxylation is 2. The van der Waals surface area contributed by atoms with Crippen LogP contribution in [0.2, 0.25) is 0 Å². The maximum absolute atomic E-state index is 5.69. The number of aromatic nitrogens is 2. The smallest absolute Gasteiger partial charge is 0.130 e. The summed E-state index contributed by atoms with van der Waals surface area (Å²) in [6.07, 6.45) is 6.80. The van der Waals surface area contributed by atoms with E-state index in [0.717, 1.165) is 23.7 Å². The van der Waals surface area contributed by atoms with Crippen molar-refractivity contribution in [2.45, 2.75) is 32.6 Å². The minimum absolute atomic E-state index is 0.626. The predicted octanol–water partition coefficient (Wildman–Crippen LogP) is 1.71. The van der Waals surface area contributed by atoms with E-state index in [1.54, 1.807) is 0 Å². The normalized spacial score (nSPS) is 16.1. The van der Waals surface area contributed by atoms with Crippen molar-refractivity contribution in [1.82, 2.24) is 9.97 Å². The van der Waals surface area contributed by atoms with Crippen LogP contribution in [-0.4, -0.2) is 9.97 Å². The van der Waals surface area contributed by atoms with Gasteiger partial charge in [0.2, 0.25) is 0 Å². The van der Waals surface area contributed by atoms with Gasteiger partial charge in [-0.2, -0.15) is 0 Å². The highest BCUT2D eigenvalue weighted by Crippen LogP contribution is 2.33. The van der Waals surface area contributed by atoms with Crippen molar-refractivity contribution in [3.63, 3.8) is 0 Å². The summed E-state index contributed by atoms with van der Waals surface area (Å²) in [4.78, 5) is 8.49. The van der Waals surface area contributed by atoms with Gasteiger partial charge in [0, 0.05) is 18.2 Å². The van der Waals surface area contributed by atoms with Crippen molar-refractivity contribution in [3.8, 4) is 0 Å². The molecule has 0 bridgehead atoms. The second-order valence-electron chi connectivity index (χ2n) is 3.84. The third-order valence-electron chi connectivity index (χ3n) is 2.53. The average molecular weight is 177 g/mol. The summed E-state index contributed by atoms with van der Waals surface area (Å²) >= 11 is 0. The number of hydrogen-bond acceptors (Lipinski definition) is 3. The molecule has 0 amide bonds. The minimum Gasteiger partial charge on any atom is -0.383 e. The van der Waals surface area contributed by atoms with Crippen LogP contribution in [0.25, 0.3) is 0 Å². The molecule has 1 saturated carbocycles. The zero-order valence-electron chi connectivity index (χ0n) is 7.95. The Kier molecular flexibility index (Phi) is 2.17. The van der Waals surface area contributed by atoms with E-state index in [1.807, 2.05) is 13.1 Å². The fraction of sp³-hybridized carbons (Fsp3) is 0.600. The van der Waals surface area contributed by atoms with Crippen LogP contribution in [0.15, 0.2) is 6.20 Å². The standard InChI is InChI=1S/C10H15N3/c1-7-6-12-9(13-10(7)11)5-4-8-2-3-8/h6,8H,2-5H2,1H3,(H2,11,12,13). The van der Waals surface area contributed by atoms with Crippen LogP contribution in [0.1, 0.15) is 30.7 Å². The van der Waals surface area contributed by atoms with E-state index in [0.29, 0.717) is 5.82 Å². The van der Waals surface area contributed by atoms with Crippen LogP contribution in [0.3, 0.4) is 0 Å². The summed E-state index contributed by atoms with van der Waals surface area (Å²) in [6.45, 7) is 1.93. The lowest BCUT2D eigenvalue weighted by Crippen LogP contribution is -2.01. The second-order valence-corrected chi connectivity index (χ2v) is 3.84. The Morgan fingerprint density at radius 3 is 2.92 bits per heavy atom. The third-order valence-corrected chi connectivity index (χ3v) is 2.53. The summed E-state index contributed by atoms with van der Waals surface area (Å²) in [6, 6.07) is 0. The van der Waals surface area contributed by atoms with Gasteiger partial charge in [0.25, 0.3) is 0 Å². The number of nitrogens with zero attached hydrogens (tertiary/aromatic N) is 2. The van der Waals surface area contributed by atoms with E-state index in [4.69, 9.17) is 5.73 Å². The number of hydrogen-bond donors (Lipinski definition) is 1. The van der Waals surface area contributed by atoms with E-state index >= 15 is 0 Å². The molecule has 2 N–H and O–H groups in total. The highest BCUT2D eigenvalue weighted by molar-refractivity contribution is 5.35. The van der Waals surface area contributed by atoms with Gasteiger partial charge in [0.1, 0.15) is 11.6 Å². The summed E-state index contributed by atoms with van der Waals surface area (Å²) in [5.41, 5.74) is 6.66. The predicted molar refractivity (Wildman–Crippen MR) is 52.2 cm³/mol. The van der Waals surface area contributed by atoms with Crippen LogP contribution < -0.4 is 5.73 Å². The van der Waals surface area contributed by atoms with Gasteiger partial charge in [-0.15, -0.1) is 0 Å². The lowest BCUT2D eigenvalue weighted by molar-refractivity contribution is 0.697. The van der Waals surface area contributed by atoms with Gasteiger partial charge in [0.15, 0.2) is 0 Å². The molecule has 3 heteroatoms. The minimum atomic E-state index is 0.626. The van der Waals surface area contributed by atoms with E-state index in [-0.39, 0.29) is 0 Å². The van der Waals surface area contributed by atoms with Crippen molar-refractivity contribution in [3.05, 3.63) is 17.6 Å². The summed E-state index contributed by atoms with van der Waals surface area (Å²) in [5, 5.41) is 0. The number of nitrogens with two attached hydrogens (primary N) is 1. The van der Waals surface area contributed by atoms with Gasteiger partial charge in [-0.25, -0.2) is 9.97 Å². The lowest BCUT2D eigenvalue weighted by Gasteiger charge is -2.01. The molecule has 1 aliphatic carbocycles. The first-order valence-electron chi connectivity index (χ1n) is 4.83. The Bertz CT molecular complexity index is 305.